The lowest BCUT2D eigenvalue weighted by molar-refractivity contribution is -0.858. The Morgan fingerprint density at radius 2 is 2.00 bits per heavy atom. The molecule has 28 heavy (non-hydrogen) atoms. The molecular formula is C19H25N4O4S+. The fourth-order valence-corrected chi connectivity index (χ4v) is 4.16. The molecule has 0 bridgehead atoms. The molecule has 0 atom stereocenters. The van der Waals surface area contributed by atoms with Crippen molar-refractivity contribution in [3.63, 3.8) is 0 Å². The van der Waals surface area contributed by atoms with Gasteiger partial charge in [0.15, 0.2) is 5.13 Å². The van der Waals surface area contributed by atoms with Gasteiger partial charge in [0.05, 0.1) is 32.4 Å². The number of likely N-dealkylation sites (tertiary alicyclic amines) is 1. The number of carbonyl (C=O) groups is 3. The molecule has 0 aliphatic carbocycles. The third kappa shape index (κ3) is 4.31. The van der Waals surface area contributed by atoms with Gasteiger partial charge in [-0.2, -0.15) is 0 Å². The summed E-state index contributed by atoms with van der Waals surface area (Å²) < 4.78 is 6.28. The highest BCUT2D eigenvalue weighted by atomic mass is 32.1. The summed E-state index contributed by atoms with van der Waals surface area (Å²) in [5, 5.41) is 0.553. The Labute approximate surface area is 167 Å². The molecule has 1 fully saturated rings. The van der Waals surface area contributed by atoms with Crippen LogP contribution in [0.25, 0.3) is 10.2 Å². The van der Waals surface area contributed by atoms with Crippen LogP contribution in [0.15, 0.2) is 18.2 Å². The number of para-hydroxylation sites is 1. The minimum Gasteiger partial charge on any atom is -0.494 e. The molecule has 1 aromatic carbocycles. The molecule has 1 saturated heterocycles. The second-order valence-electron chi connectivity index (χ2n) is 7.03. The molecule has 3 amide bonds. The second-order valence-corrected chi connectivity index (χ2v) is 8.04. The number of nitrogens with one attached hydrogen (secondary N) is 1. The number of anilines is 1. The van der Waals surface area contributed by atoms with E-state index in [-0.39, 0.29) is 37.1 Å². The third-order valence-corrected chi connectivity index (χ3v) is 5.67. The Morgan fingerprint density at radius 3 is 2.64 bits per heavy atom. The number of benzene rings is 1. The summed E-state index contributed by atoms with van der Waals surface area (Å²) in [6.45, 7) is 1.13. The number of thiazole rings is 1. The van der Waals surface area contributed by atoms with E-state index in [1.807, 2.05) is 18.2 Å². The number of aromatic nitrogens is 1. The van der Waals surface area contributed by atoms with Crippen LogP contribution in [0.2, 0.25) is 0 Å². The number of ether oxygens (including phenoxy) is 1. The van der Waals surface area contributed by atoms with Gasteiger partial charge in [-0.1, -0.05) is 17.4 Å². The molecule has 1 N–H and O–H groups in total. The van der Waals surface area contributed by atoms with Gasteiger partial charge in [0.2, 0.25) is 17.7 Å². The van der Waals surface area contributed by atoms with Gasteiger partial charge in [-0.05, 0) is 12.1 Å². The van der Waals surface area contributed by atoms with Crippen LogP contribution < -0.4 is 14.5 Å². The second kappa shape index (κ2) is 8.66. The van der Waals surface area contributed by atoms with Crippen molar-refractivity contribution in [3.8, 4) is 5.75 Å². The van der Waals surface area contributed by atoms with Crippen LogP contribution in [0, 0.1) is 0 Å². The Hall–Kier alpha value is -2.52. The molecular weight excluding hydrogens is 380 g/mol. The van der Waals surface area contributed by atoms with Gasteiger partial charge in [-0.15, -0.1) is 0 Å². The Kier molecular flexibility index (Phi) is 6.25. The highest BCUT2D eigenvalue weighted by molar-refractivity contribution is 7.22. The number of amides is 3. The van der Waals surface area contributed by atoms with E-state index in [9.17, 15) is 14.4 Å². The summed E-state index contributed by atoms with van der Waals surface area (Å²) in [5.74, 6) is -0.227. The van der Waals surface area contributed by atoms with Crippen LogP contribution in [0.3, 0.4) is 0 Å². The van der Waals surface area contributed by atoms with E-state index < -0.39 is 0 Å². The Morgan fingerprint density at radius 1 is 1.29 bits per heavy atom. The number of rotatable bonds is 8. The molecule has 1 aliphatic rings. The van der Waals surface area contributed by atoms with E-state index in [1.165, 1.54) is 16.2 Å². The summed E-state index contributed by atoms with van der Waals surface area (Å²) >= 11 is 1.40. The van der Waals surface area contributed by atoms with Crippen LogP contribution in [-0.4, -0.2) is 68.4 Å². The highest BCUT2D eigenvalue weighted by Gasteiger charge is 2.32. The van der Waals surface area contributed by atoms with Gasteiger partial charge in [0.25, 0.3) is 0 Å². The first-order valence-corrected chi connectivity index (χ1v) is 10.1. The molecule has 0 radical (unpaired) electrons. The van der Waals surface area contributed by atoms with E-state index >= 15 is 0 Å². The van der Waals surface area contributed by atoms with Gasteiger partial charge >= 0.3 is 0 Å². The van der Waals surface area contributed by atoms with Gasteiger partial charge in [0, 0.05) is 25.8 Å². The monoisotopic (exact) mass is 405 g/mol. The van der Waals surface area contributed by atoms with Crippen molar-refractivity contribution >= 4 is 44.4 Å². The first kappa shape index (κ1) is 20.2. The normalized spacial score (nSPS) is 14.4. The van der Waals surface area contributed by atoms with Crippen molar-refractivity contribution in [2.75, 3.05) is 45.7 Å². The summed E-state index contributed by atoms with van der Waals surface area (Å²) in [7, 11) is 5.69. The highest BCUT2D eigenvalue weighted by Crippen LogP contribution is 2.34. The van der Waals surface area contributed by atoms with Crippen LogP contribution in [0.1, 0.15) is 19.3 Å². The number of nitrogens with zero attached hydrogens (tertiary/aromatic N) is 3. The fourth-order valence-electron chi connectivity index (χ4n) is 3.13. The van der Waals surface area contributed by atoms with Crippen molar-refractivity contribution in [2.24, 2.45) is 0 Å². The SMILES string of the molecule is COc1cccc2sc(N(CCC[NH+](C)C)C(=O)CN3C(=O)CCC3=O)nc12. The predicted octanol–water partition coefficient (Wildman–Crippen LogP) is 0.322. The van der Waals surface area contributed by atoms with Crippen LogP contribution in [0.4, 0.5) is 5.13 Å². The zero-order chi connectivity index (χ0) is 20.3. The largest absolute Gasteiger partial charge is 0.494 e. The number of methoxy groups -OCH3 is 1. The zero-order valence-electron chi connectivity index (χ0n) is 16.4. The van der Waals surface area contributed by atoms with E-state index in [0.717, 1.165) is 22.6 Å². The quantitative estimate of drug-likeness (QED) is 0.640. The van der Waals surface area contributed by atoms with E-state index in [1.54, 1.807) is 12.0 Å². The lowest BCUT2D eigenvalue weighted by Gasteiger charge is -2.22. The van der Waals surface area contributed by atoms with Crippen LogP contribution >= 0.6 is 11.3 Å². The number of imide groups is 1. The van der Waals surface area contributed by atoms with Crippen LogP contribution in [0.5, 0.6) is 5.75 Å². The summed E-state index contributed by atoms with van der Waals surface area (Å²) in [6, 6.07) is 5.64. The molecule has 0 spiro atoms. The number of carbonyl (C=O) groups excluding carboxylic acids is 3. The minimum atomic E-state index is -0.296. The first-order valence-electron chi connectivity index (χ1n) is 9.27. The average molecular weight is 406 g/mol. The van der Waals surface area contributed by atoms with Crippen molar-refractivity contribution in [1.82, 2.24) is 9.88 Å². The minimum absolute atomic E-state index is 0.175. The number of hydrogen-bond donors (Lipinski definition) is 1. The van der Waals surface area contributed by atoms with Crippen LogP contribution in [-0.2, 0) is 14.4 Å². The van der Waals surface area contributed by atoms with Gasteiger partial charge in [-0.25, -0.2) is 4.98 Å². The Bertz CT molecular complexity index is 879. The van der Waals surface area contributed by atoms with Gasteiger partial charge < -0.3 is 9.64 Å². The molecule has 0 saturated carbocycles. The van der Waals surface area contributed by atoms with Gasteiger partial charge in [-0.3, -0.25) is 24.2 Å². The molecule has 150 valence electrons. The summed E-state index contributed by atoms with van der Waals surface area (Å²) in [5.41, 5.74) is 0.703. The van der Waals surface area contributed by atoms with Crippen molar-refractivity contribution < 1.29 is 24.0 Å². The standard InChI is InChI=1S/C19H24N4O4S/c1-21(2)10-5-11-22(17(26)12-23-15(24)8-9-16(23)25)19-20-18-13(27-3)6-4-7-14(18)28-19/h4,6-7H,5,8-12H2,1-3H3/p+1. The maximum Gasteiger partial charge on any atom is 0.248 e. The number of quaternary nitrogens is 1. The molecule has 2 aromatic rings. The average Bonchev–Trinajstić information content (AvgIpc) is 3.23. The van der Waals surface area contributed by atoms with Gasteiger partial charge in [0.1, 0.15) is 17.8 Å². The predicted molar refractivity (Wildman–Crippen MR) is 107 cm³/mol. The lowest BCUT2D eigenvalue weighted by atomic mass is 10.3. The topological polar surface area (TPSA) is 84.3 Å². The molecule has 8 nitrogen and oxygen atoms in total. The van der Waals surface area contributed by atoms with Crippen molar-refractivity contribution in [1.29, 1.82) is 0 Å². The molecule has 1 aliphatic heterocycles. The summed E-state index contributed by atoms with van der Waals surface area (Å²) in [4.78, 5) is 45.4. The van der Waals surface area contributed by atoms with E-state index in [0.29, 0.717) is 22.9 Å². The summed E-state index contributed by atoms with van der Waals surface area (Å²) in [6.07, 6.45) is 1.13. The molecule has 9 heteroatoms. The molecule has 1 aromatic heterocycles. The smallest absolute Gasteiger partial charge is 0.248 e. The Balaban J connectivity index is 1.87. The molecule has 2 heterocycles. The maximum atomic E-state index is 13.0. The first-order chi connectivity index (χ1) is 13.4. The number of fused-ring (bicyclic) bond motifs is 1. The maximum absolute atomic E-state index is 13.0. The van der Waals surface area contributed by atoms with E-state index in [2.05, 4.69) is 19.1 Å². The third-order valence-electron chi connectivity index (χ3n) is 4.63. The van der Waals surface area contributed by atoms with Crippen molar-refractivity contribution in [2.45, 2.75) is 19.3 Å². The fraction of sp³-hybridized carbons (Fsp3) is 0.474. The zero-order valence-corrected chi connectivity index (χ0v) is 17.2. The van der Waals surface area contributed by atoms with Crippen molar-refractivity contribution in [3.05, 3.63) is 18.2 Å². The molecule has 3 rings (SSSR count). The molecule has 0 unspecified atom stereocenters. The lowest BCUT2D eigenvalue weighted by Crippen LogP contribution is -3.05. The number of hydrogen-bond acceptors (Lipinski definition) is 6. The van der Waals surface area contributed by atoms with E-state index in [4.69, 9.17) is 4.74 Å².